The SMILES string of the molecule is CC(C)Cc1ccc(S(=O)(=O)N2CCc3c(c(C(=O)N4CCOCC4)nn3C)C2)cc1. The van der Waals surface area contributed by atoms with Crippen molar-refractivity contribution in [3.8, 4) is 0 Å². The van der Waals surface area contributed by atoms with Crippen LogP contribution in [-0.4, -0.2) is 66.2 Å². The van der Waals surface area contributed by atoms with E-state index in [9.17, 15) is 13.2 Å². The lowest BCUT2D eigenvalue weighted by Gasteiger charge is -2.29. The molecule has 31 heavy (non-hydrogen) atoms. The summed E-state index contributed by atoms with van der Waals surface area (Å²) in [7, 11) is -1.84. The molecule has 0 bridgehead atoms. The summed E-state index contributed by atoms with van der Waals surface area (Å²) in [6, 6.07) is 7.15. The lowest BCUT2D eigenvalue weighted by Crippen LogP contribution is -2.42. The standard InChI is InChI=1S/C22H30N4O4S/c1-16(2)14-17-4-6-18(7-5-17)31(28,29)26-9-8-20-19(15-26)21(23-24(20)3)22(27)25-10-12-30-13-11-25/h4-7,16H,8-15H2,1-3H3. The molecule has 3 heterocycles. The molecular formula is C22H30N4O4S. The van der Waals surface area contributed by atoms with Gasteiger partial charge in [-0.1, -0.05) is 26.0 Å². The highest BCUT2D eigenvalue weighted by Gasteiger charge is 2.34. The van der Waals surface area contributed by atoms with Crippen LogP contribution < -0.4 is 0 Å². The average molecular weight is 447 g/mol. The molecule has 168 valence electrons. The van der Waals surface area contributed by atoms with Crippen molar-refractivity contribution in [3.05, 3.63) is 46.8 Å². The highest BCUT2D eigenvalue weighted by atomic mass is 32.2. The summed E-state index contributed by atoms with van der Waals surface area (Å²) in [5.41, 5.74) is 3.12. The van der Waals surface area contributed by atoms with E-state index in [0.717, 1.165) is 17.7 Å². The second-order valence-electron chi connectivity index (χ2n) is 8.63. The van der Waals surface area contributed by atoms with Gasteiger partial charge in [-0.15, -0.1) is 0 Å². The smallest absolute Gasteiger partial charge is 0.274 e. The van der Waals surface area contributed by atoms with E-state index < -0.39 is 10.0 Å². The fourth-order valence-corrected chi connectivity index (χ4v) is 5.69. The van der Waals surface area contributed by atoms with Crippen molar-refractivity contribution in [3.63, 3.8) is 0 Å². The molecule has 0 unspecified atom stereocenters. The maximum atomic E-state index is 13.3. The van der Waals surface area contributed by atoms with Crippen LogP contribution in [0.15, 0.2) is 29.2 Å². The number of rotatable bonds is 5. The van der Waals surface area contributed by atoms with Crippen molar-refractivity contribution in [1.29, 1.82) is 0 Å². The Bertz CT molecular complexity index is 1050. The highest BCUT2D eigenvalue weighted by Crippen LogP contribution is 2.28. The summed E-state index contributed by atoms with van der Waals surface area (Å²) in [4.78, 5) is 15.1. The predicted octanol–water partition coefficient (Wildman–Crippen LogP) is 1.84. The van der Waals surface area contributed by atoms with E-state index in [1.807, 2.05) is 19.2 Å². The number of nitrogens with zero attached hydrogens (tertiary/aromatic N) is 4. The van der Waals surface area contributed by atoms with Crippen molar-refractivity contribution in [2.75, 3.05) is 32.8 Å². The average Bonchev–Trinajstić information content (AvgIpc) is 3.10. The monoisotopic (exact) mass is 446 g/mol. The van der Waals surface area contributed by atoms with Gasteiger partial charge in [-0.05, 0) is 30.0 Å². The lowest BCUT2D eigenvalue weighted by molar-refractivity contribution is 0.0297. The first-order chi connectivity index (χ1) is 14.8. The molecule has 8 nitrogen and oxygen atoms in total. The molecule has 2 aliphatic heterocycles. The van der Waals surface area contributed by atoms with Gasteiger partial charge in [0, 0.05) is 50.9 Å². The number of hydrogen-bond acceptors (Lipinski definition) is 5. The molecule has 0 atom stereocenters. The molecule has 0 aliphatic carbocycles. The van der Waals surface area contributed by atoms with Crippen LogP contribution in [-0.2, 0) is 41.2 Å². The van der Waals surface area contributed by atoms with Crippen LogP contribution in [0, 0.1) is 5.92 Å². The number of ether oxygens (including phenoxy) is 1. The predicted molar refractivity (Wildman–Crippen MR) is 116 cm³/mol. The zero-order chi connectivity index (χ0) is 22.2. The minimum Gasteiger partial charge on any atom is -0.378 e. The van der Waals surface area contributed by atoms with E-state index in [0.29, 0.717) is 56.4 Å². The molecule has 2 aliphatic rings. The molecule has 1 aromatic carbocycles. The molecule has 9 heteroatoms. The summed E-state index contributed by atoms with van der Waals surface area (Å²) < 4.78 is 35.1. The number of aryl methyl sites for hydroxylation is 1. The molecule has 0 N–H and O–H groups in total. The van der Waals surface area contributed by atoms with E-state index in [1.54, 1.807) is 21.7 Å². The third-order valence-electron chi connectivity index (χ3n) is 5.91. The lowest BCUT2D eigenvalue weighted by atomic mass is 10.0. The van der Waals surface area contributed by atoms with E-state index in [2.05, 4.69) is 18.9 Å². The molecule has 4 rings (SSSR count). The first-order valence-electron chi connectivity index (χ1n) is 10.8. The number of amides is 1. The van der Waals surface area contributed by atoms with Crippen LogP contribution in [0.3, 0.4) is 0 Å². The second kappa shape index (κ2) is 8.72. The van der Waals surface area contributed by atoms with Gasteiger partial charge in [0.05, 0.1) is 18.1 Å². The fourth-order valence-electron chi connectivity index (χ4n) is 4.28. The molecule has 1 amide bonds. The minimum atomic E-state index is -3.66. The molecule has 1 fully saturated rings. The van der Waals surface area contributed by atoms with E-state index in [-0.39, 0.29) is 17.3 Å². The van der Waals surface area contributed by atoms with Crippen molar-refractivity contribution in [2.45, 2.75) is 38.1 Å². The first-order valence-corrected chi connectivity index (χ1v) is 12.2. The van der Waals surface area contributed by atoms with Gasteiger partial charge in [-0.3, -0.25) is 9.48 Å². The van der Waals surface area contributed by atoms with Gasteiger partial charge in [0.25, 0.3) is 5.91 Å². The topological polar surface area (TPSA) is 84.7 Å². The number of hydrogen-bond donors (Lipinski definition) is 0. The number of carbonyl (C=O) groups is 1. The van der Waals surface area contributed by atoms with Crippen molar-refractivity contribution >= 4 is 15.9 Å². The Morgan fingerprint density at radius 1 is 1.13 bits per heavy atom. The van der Waals surface area contributed by atoms with Crippen LogP contribution in [0.4, 0.5) is 0 Å². The molecular weight excluding hydrogens is 416 g/mol. The Morgan fingerprint density at radius 3 is 2.45 bits per heavy atom. The third kappa shape index (κ3) is 4.40. The van der Waals surface area contributed by atoms with Crippen molar-refractivity contribution in [1.82, 2.24) is 19.0 Å². The van der Waals surface area contributed by atoms with Gasteiger partial charge in [0.1, 0.15) is 0 Å². The van der Waals surface area contributed by atoms with Crippen LogP contribution in [0.2, 0.25) is 0 Å². The molecule has 0 saturated carbocycles. The van der Waals surface area contributed by atoms with Gasteiger partial charge >= 0.3 is 0 Å². The van der Waals surface area contributed by atoms with Crippen molar-refractivity contribution < 1.29 is 17.9 Å². The Morgan fingerprint density at radius 2 is 1.81 bits per heavy atom. The van der Waals surface area contributed by atoms with E-state index in [1.165, 1.54) is 4.31 Å². The van der Waals surface area contributed by atoms with Gasteiger partial charge < -0.3 is 9.64 Å². The second-order valence-corrected chi connectivity index (χ2v) is 10.6. The summed E-state index contributed by atoms with van der Waals surface area (Å²) in [5.74, 6) is 0.355. The van der Waals surface area contributed by atoms with E-state index >= 15 is 0 Å². The summed E-state index contributed by atoms with van der Waals surface area (Å²) in [6.45, 7) is 6.86. The highest BCUT2D eigenvalue weighted by molar-refractivity contribution is 7.89. The van der Waals surface area contributed by atoms with Crippen LogP contribution in [0.1, 0.15) is 41.2 Å². The van der Waals surface area contributed by atoms with Gasteiger partial charge in [-0.25, -0.2) is 8.42 Å². The van der Waals surface area contributed by atoms with Gasteiger partial charge in [0.2, 0.25) is 10.0 Å². The largest absolute Gasteiger partial charge is 0.378 e. The zero-order valence-corrected chi connectivity index (χ0v) is 19.2. The normalized spacial score (nSPS) is 17.7. The molecule has 1 saturated heterocycles. The summed E-state index contributed by atoms with van der Waals surface area (Å²) in [5, 5.41) is 4.46. The van der Waals surface area contributed by atoms with Crippen LogP contribution in [0.5, 0.6) is 0 Å². The van der Waals surface area contributed by atoms with E-state index in [4.69, 9.17) is 4.74 Å². The maximum absolute atomic E-state index is 13.3. The first kappa shape index (κ1) is 22.0. The van der Waals surface area contributed by atoms with Gasteiger partial charge in [-0.2, -0.15) is 9.40 Å². The quantitative estimate of drug-likeness (QED) is 0.700. The Balaban J connectivity index is 1.58. The number of benzene rings is 1. The number of aromatic nitrogens is 2. The molecule has 0 radical (unpaired) electrons. The number of sulfonamides is 1. The zero-order valence-electron chi connectivity index (χ0n) is 18.4. The maximum Gasteiger partial charge on any atom is 0.274 e. The summed E-state index contributed by atoms with van der Waals surface area (Å²) in [6.07, 6.45) is 1.44. The summed E-state index contributed by atoms with van der Waals surface area (Å²) >= 11 is 0. The number of morpholine rings is 1. The third-order valence-corrected chi connectivity index (χ3v) is 7.77. The Hall–Kier alpha value is -2.23. The van der Waals surface area contributed by atoms with Crippen LogP contribution in [0.25, 0.3) is 0 Å². The van der Waals surface area contributed by atoms with Gasteiger partial charge in [0.15, 0.2) is 5.69 Å². The number of carbonyl (C=O) groups excluding carboxylic acids is 1. The molecule has 0 spiro atoms. The van der Waals surface area contributed by atoms with Crippen molar-refractivity contribution in [2.24, 2.45) is 13.0 Å². The Kier molecular flexibility index (Phi) is 6.18. The minimum absolute atomic E-state index is 0.155. The van der Waals surface area contributed by atoms with Crippen LogP contribution >= 0.6 is 0 Å². The fraction of sp³-hybridized carbons (Fsp3) is 0.545. The Labute approximate surface area is 183 Å². The molecule has 2 aromatic rings. The number of fused-ring (bicyclic) bond motifs is 1. The molecule has 1 aromatic heterocycles.